The third-order valence-electron chi connectivity index (χ3n) is 3.47. The van der Waals surface area contributed by atoms with Crippen molar-refractivity contribution < 1.29 is 19.4 Å². The molecular formula is C17H18NO4S3-. The van der Waals surface area contributed by atoms with Crippen LogP contribution in [0.2, 0.25) is 0 Å². The van der Waals surface area contributed by atoms with E-state index in [0.29, 0.717) is 29.4 Å². The SMILES string of the molecule is CCOc1cccc(/C=C2/SC(=S)N([C@H](CCSC)C(=O)[O-])C2=O)c1. The minimum absolute atomic E-state index is 0.243. The first kappa shape index (κ1) is 19.8. The normalized spacial score (nSPS) is 17.2. The molecule has 1 aromatic rings. The van der Waals surface area contributed by atoms with Gasteiger partial charge < -0.3 is 14.6 Å². The van der Waals surface area contributed by atoms with Crippen molar-refractivity contribution >= 4 is 58.0 Å². The number of thioether (sulfide) groups is 2. The molecule has 134 valence electrons. The van der Waals surface area contributed by atoms with E-state index in [0.717, 1.165) is 22.2 Å². The molecular weight excluding hydrogens is 378 g/mol. The molecule has 0 bridgehead atoms. The van der Waals surface area contributed by atoms with Gasteiger partial charge in [0.25, 0.3) is 5.91 Å². The van der Waals surface area contributed by atoms with E-state index in [9.17, 15) is 14.7 Å². The molecule has 8 heteroatoms. The first-order valence-electron chi connectivity index (χ1n) is 7.67. The summed E-state index contributed by atoms with van der Waals surface area (Å²) in [6.45, 7) is 2.45. The van der Waals surface area contributed by atoms with Crippen molar-refractivity contribution in [2.24, 2.45) is 0 Å². The zero-order valence-electron chi connectivity index (χ0n) is 13.9. The lowest BCUT2D eigenvalue weighted by Crippen LogP contribution is -2.50. The first-order chi connectivity index (χ1) is 12.0. The number of carbonyl (C=O) groups excluding carboxylic acids is 2. The van der Waals surface area contributed by atoms with E-state index < -0.39 is 17.9 Å². The monoisotopic (exact) mass is 396 g/mol. The molecule has 0 radical (unpaired) electrons. The second kappa shape index (κ2) is 9.26. The van der Waals surface area contributed by atoms with E-state index in [1.807, 2.05) is 37.4 Å². The molecule has 2 rings (SSSR count). The summed E-state index contributed by atoms with van der Waals surface area (Å²) in [5.41, 5.74) is 0.792. The molecule has 0 unspecified atom stereocenters. The highest BCUT2D eigenvalue weighted by Gasteiger charge is 2.37. The smallest absolute Gasteiger partial charge is 0.266 e. The van der Waals surface area contributed by atoms with E-state index in [1.54, 1.807) is 6.08 Å². The second-order valence-electron chi connectivity index (χ2n) is 5.17. The molecule has 0 aliphatic carbocycles. The summed E-state index contributed by atoms with van der Waals surface area (Å²) in [4.78, 5) is 25.7. The lowest BCUT2D eigenvalue weighted by Gasteiger charge is -2.27. The summed E-state index contributed by atoms with van der Waals surface area (Å²) in [6, 6.07) is 6.29. The fourth-order valence-corrected chi connectivity index (χ4v) is 4.16. The Balaban J connectivity index is 2.24. The summed E-state index contributed by atoms with van der Waals surface area (Å²) in [5.74, 6) is -0.373. The van der Waals surface area contributed by atoms with Gasteiger partial charge in [-0.2, -0.15) is 11.8 Å². The summed E-state index contributed by atoms with van der Waals surface area (Å²) in [5, 5.41) is 11.4. The van der Waals surface area contributed by atoms with Gasteiger partial charge in [0.05, 0.1) is 23.5 Å². The molecule has 0 spiro atoms. The number of thiocarbonyl (C=S) groups is 1. The van der Waals surface area contributed by atoms with Gasteiger partial charge in [0, 0.05) is 0 Å². The average molecular weight is 397 g/mol. The van der Waals surface area contributed by atoms with Crippen LogP contribution in [0.5, 0.6) is 5.75 Å². The van der Waals surface area contributed by atoms with Crippen LogP contribution in [0.25, 0.3) is 6.08 Å². The van der Waals surface area contributed by atoms with Gasteiger partial charge in [-0.3, -0.25) is 9.69 Å². The highest BCUT2D eigenvalue weighted by Crippen LogP contribution is 2.35. The van der Waals surface area contributed by atoms with Crippen molar-refractivity contribution in [1.29, 1.82) is 0 Å². The Kier molecular flexibility index (Phi) is 7.34. The van der Waals surface area contributed by atoms with Crippen molar-refractivity contribution in [2.75, 3.05) is 18.6 Å². The van der Waals surface area contributed by atoms with Crippen molar-refractivity contribution in [1.82, 2.24) is 4.90 Å². The van der Waals surface area contributed by atoms with Crippen LogP contribution in [0.4, 0.5) is 0 Å². The fraction of sp³-hybridized carbons (Fsp3) is 0.353. The largest absolute Gasteiger partial charge is 0.548 e. The zero-order valence-corrected chi connectivity index (χ0v) is 16.3. The molecule has 1 saturated heterocycles. The van der Waals surface area contributed by atoms with E-state index in [2.05, 4.69) is 0 Å². The first-order valence-corrected chi connectivity index (χ1v) is 10.3. The van der Waals surface area contributed by atoms with Crippen LogP contribution >= 0.6 is 35.7 Å². The predicted molar refractivity (Wildman–Crippen MR) is 104 cm³/mol. The van der Waals surface area contributed by atoms with Crippen LogP contribution in [0.3, 0.4) is 0 Å². The molecule has 5 nitrogen and oxygen atoms in total. The highest BCUT2D eigenvalue weighted by atomic mass is 32.2. The molecule has 0 N–H and O–H groups in total. The number of aliphatic carboxylic acids is 1. The number of hydrogen-bond acceptors (Lipinski definition) is 7. The summed E-state index contributed by atoms with van der Waals surface area (Å²) in [6.07, 6.45) is 3.87. The predicted octanol–water partition coefficient (Wildman–Crippen LogP) is 2.16. The molecule has 25 heavy (non-hydrogen) atoms. The van der Waals surface area contributed by atoms with Gasteiger partial charge >= 0.3 is 0 Å². The maximum atomic E-state index is 12.7. The summed E-state index contributed by atoms with van der Waals surface area (Å²) >= 11 is 7.84. The minimum atomic E-state index is -1.29. The molecule has 1 aliphatic heterocycles. The number of carbonyl (C=O) groups is 2. The van der Waals surface area contributed by atoms with E-state index in [1.165, 1.54) is 11.8 Å². The third kappa shape index (κ3) is 4.99. The molecule has 1 aliphatic rings. The number of hydrogen-bond donors (Lipinski definition) is 0. The average Bonchev–Trinajstić information content (AvgIpc) is 2.83. The van der Waals surface area contributed by atoms with Crippen LogP contribution in [0.1, 0.15) is 18.9 Å². The molecule has 1 fully saturated rings. The van der Waals surface area contributed by atoms with Gasteiger partial charge in [-0.1, -0.05) is 36.1 Å². The Morgan fingerprint density at radius 3 is 2.92 bits per heavy atom. The van der Waals surface area contributed by atoms with Gasteiger partial charge in [-0.15, -0.1) is 0 Å². The van der Waals surface area contributed by atoms with Gasteiger partial charge in [0.15, 0.2) is 0 Å². The summed E-state index contributed by atoms with van der Waals surface area (Å²) < 4.78 is 5.69. The van der Waals surface area contributed by atoms with Crippen molar-refractivity contribution in [3.63, 3.8) is 0 Å². The Morgan fingerprint density at radius 1 is 1.52 bits per heavy atom. The fourth-order valence-electron chi connectivity index (χ4n) is 2.34. The molecule has 1 aromatic carbocycles. The zero-order chi connectivity index (χ0) is 18.4. The van der Waals surface area contributed by atoms with Crippen LogP contribution in [0.15, 0.2) is 29.2 Å². The van der Waals surface area contributed by atoms with Gasteiger partial charge in [-0.05, 0) is 49.1 Å². The molecule has 0 saturated carbocycles. The Bertz CT molecular complexity index is 705. The number of carboxylic acid groups (broad SMARTS) is 1. The van der Waals surface area contributed by atoms with E-state index in [-0.39, 0.29) is 4.32 Å². The quantitative estimate of drug-likeness (QED) is 0.493. The van der Waals surface area contributed by atoms with Crippen LogP contribution in [-0.4, -0.2) is 45.8 Å². The van der Waals surface area contributed by atoms with Crippen molar-refractivity contribution in [3.05, 3.63) is 34.7 Å². The van der Waals surface area contributed by atoms with Crippen LogP contribution < -0.4 is 9.84 Å². The molecule has 1 heterocycles. The standard InChI is InChI=1S/C17H19NO4S3/c1-3-22-12-6-4-5-11(9-12)10-14-15(19)18(17(23)25-14)13(16(20)21)7-8-24-2/h4-6,9-10,13H,3,7-8H2,1-2H3,(H,20,21)/p-1/b14-10+/t13-/m1/s1. The highest BCUT2D eigenvalue weighted by molar-refractivity contribution is 8.26. The van der Waals surface area contributed by atoms with Crippen molar-refractivity contribution in [2.45, 2.75) is 19.4 Å². The second-order valence-corrected chi connectivity index (χ2v) is 7.83. The van der Waals surface area contributed by atoms with Gasteiger partial charge in [0.1, 0.15) is 10.1 Å². The Morgan fingerprint density at radius 2 is 2.28 bits per heavy atom. The van der Waals surface area contributed by atoms with Gasteiger partial charge in [-0.25, -0.2) is 0 Å². The minimum Gasteiger partial charge on any atom is -0.548 e. The number of carboxylic acids is 1. The maximum absolute atomic E-state index is 12.7. The molecule has 0 aromatic heterocycles. The number of nitrogens with zero attached hydrogens (tertiary/aromatic N) is 1. The number of benzene rings is 1. The van der Waals surface area contributed by atoms with E-state index >= 15 is 0 Å². The lowest BCUT2D eigenvalue weighted by atomic mass is 10.1. The van der Waals surface area contributed by atoms with E-state index in [4.69, 9.17) is 17.0 Å². The van der Waals surface area contributed by atoms with Gasteiger partial charge in [0.2, 0.25) is 0 Å². The molecule has 1 atom stereocenters. The summed E-state index contributed by atoms with van der Waals surface area (Å²) in [7, 11) is 0. The lowest BCUT2D eigenvalue weighted by molar-refractivity contribution is -0.310. The van der Waals surface area contributed by atoms with Crippen LogP contribution in [-0.2, 0) is 9.59 Å². The Labute approximate surface area is 160 Å². The Hall–Kier alpha value is -1.51. The molecule has 1 amide bonds. The number of amides is 1. The number of ether oxygens (including phenoxy) is 1. The number of rotatable bonds is 8. The van der Waals surface area contributed by atoms with Crippen molar-refractivity contribution in [3.8, 4) is 5.75 Å². The van der Waals surface area contributed by atoms with Crippen LogP contribution in [0, 0.1) is 0 Å². The maximum Gasteiger partial charge on any atom is 0.266 e. The third-order valence-corrected chi connectivity index (χ3v) is 5.44. The topological polar surface area (TPSA) is 69.7 Å².